The van der Waals surface area contributed by atoms with E-state index in [9.17, 15) is 9.59 Å². The summed E-state index contributed by atoms with van der Waals surface area (Å²) in [4.78, 5) is 21.4. The Morgan fingerprint density at radius 2 is 1.76 bits per heavy atom. The monoisotopic (exact) mass is 236 g/mol. The lowest BCUT2D eigenvalue weighted by Crippen LogP contribution is -2.07. The van der Waals surface area contributed by atoms with Crippen LogP contribution in [0.5, 0.6) is 0 Å². The minimum Gasteiger partial charge on any atom is -0.481 e. The minimum atomic E-state index is -0.971. The van der Waals surface area contributed by atoms with E-state index >= 15 is 0 Å². The number of benzene rings is 1. The number of aliphatic carboxylic acids is 1. The molecule has 1 aromatic carbocycles. The van der Waals surface area contributed by atoms with E-state index in [4.69, 9.17) is 10.2 Å². The second kappa shape index (κ2) is 6.03. The van der Waals surface area contributed by atoms with Crippen LogP contribution in [0, 0.1) is 0 Å². The largest absolute Gasteiger partial charge is 0.481 e. The van der Waals surface area contributed by atoms with Gasteiger partial charge in [-0.1, -0.05) is 25.5 Å². The average Bonchev–Trinajstić information content (AvgIpc) is 2.28. The highest BCUT2D eigenvalue weighted by Crippen LogP contribution is 2.25. The molecule has 0 radical (unpaired) electrons. The highest BCUT2D eigenvalue weighted by Gasteiger charge is 2.15. The number of rotatable bonds is 6. The molecule has 0 spiro atoms. The maximum atomic E-state index is 10.7. The zero-order valence-corrected chi connectivity index (χ0v) is 9.72. The standard InChI is InChI=1S/C13H16O4/c1-2-3-11(8-12(14)15)9-4-6-10(7-5-9)13(16)17/h4-7,11H,2-3,8H2,1H3,(H,14,15)(H,16,17). The smallest absolute Gasteiger partial charge is 0.335 e. The first kappa shape index (κ1) is 13.2. The van der Waals surface area contributed by atoms with Crippen molar-refractivity contribution in [1.82, 2.24) is 0 Å². The third-order valence-electron chi connectivity index (χ3n) is 2.69. The van der Waals surface area contributed by atoms with Crippen LogP contribution in [0.25, 0.3) is 0 Å². The van der Waals surface area contributed by atoms with Crippen LogP contribution in [-0.2, 0) is 4.79 Å². The van der Waals surface area contributed by atoms with Crippen LogP contribution in [0.15, 0.2) is 24.3 Å². The fourth-order valence-electron chi connectivity index (χ4n) is 1.84. The van der Waals surface area contributed by atoms with Crippen molar-refractivity contribution in [3.63, 3.8) is 0 Å². The molecule has 0 saturated heterocycles. The van der Waals surface area contributed by atoms with Crippen LogP contribution in [0.4, 0.5) is 0 Å². The normalized spacial score (nSPS) is 12.1. The summed E-state index contributed by atoms with van der Waals surface area (Å²) in [6.45, 7) is 2.00. The van der Waals surface area contributed by atoms with Crippen molar-refractivity contribution in [2.24, 2.45) is 0 Å². The summed E-state index contributed by atoms with van der Waals surface area (Å²) in [5.41, 5.74) is 1.11. The van der Waals surface area contributed by atoms with Gasteiger partial charge in [-0.2, -0.15) is 0 Å². The molecule has 1 atom stereocenters. The summed E-state index contributed by atoms with van der Waals surface area (Å²) in [6, 6.07) is 6.43. The Morgan fingerprint density at radius 1 is 1.18 bits per heavy atom. The van der Waals surface area contributed by atoms with Crippen molar-refractivity contribution in [1.29, 1.82) is 0 Å². The van der Waals surface area contributed by atoms with Gasteiger partial charge in [0.15, 0.2) is 0 Å². The van der Waals surface area contributed by atoms with Gasteiger partial charge in [0.25, 0.3) is 0 Å². The van der Waals surface area contributed by atoms with Crippen LogP contribution in [0.2, 0.25) is 0 Å². The molecular formula is C13H16O4. The molecule has 4 nitrogen and oxygen atoms in total. The first-order chi connectivity index (χ1) is 8.04. The predicted molar refractivity (Wildman–Crippen MR) is 63.3 cm³/mol. The van der Waals surface area contributed by atoms with E-state index in [0.717, 1.165) is 18.4 Å². The lowest BCUT2D eigenvalue weighted by Gasteiger charge is -2.14. The van der Waals surface area contributed by atoms with Gasteiger partial charge >= 0.3 is 11.9 Å². The summed E-state index contributed by atoms with van der Waals surface area (Å²) in [5, 5.41) is 17.6. The maximum Gasteiger partial charge on any atom is 0.335 e. The Labute approximate surface area is 99.9 Å². The van der Waals surface area contributed by atoms with Crippen LogP contribution < -0.4 is 0 Å². The van der Waals surface area contributed by atoms with Gasteiger partial charge < -0.3 is 10.2 Å². The first-order valence-corrected chi connectivity index (χ1v) is 5.59. The van der Waals surface area contributed by atoms with E-state index in [1.165, 1.54) is 12.1 Å². The van der Waals surface area contributed by atoms with Crippen LogP contribution in [-0.4, -0.2) is 22.2 Å². The number of carboxylic acid groups (broad SMARTS) is 2. The van der Waals surface area contributed by atoms with Crippen molar-refractivity contribution in [3.05, 3.63) is 35.4 Å². The molecule has 92 valence electrons. The molecule has 0 aromatic heterocycles. The van der Waals surface area contributed by atoms with Gasteiger partial charge in [-0.3, -0.25) is 4.79 Å². The molecule has 1 aromatic rings. The van der Waals surface area contributed by atoms with Gasteiger partial charge in [0.05, 0.1) is 12.0 Å². The Morgan fingerprint density at radius 3 is 2.18 bits per heavy atom. The van der Waals surface area contributed by atoms with Crippen LogP contribution in [0.1, 0.15) is 48.0 Å². The highest BCUT2D eigenvalue weighted by atomic mass is 16.4. The maximum absolute atomic E-state index is 10.7. The van der Waals surface area contributed by atoms with Crippen LogP contribution in [0.3, 0.4) is 0 Å². The molecule has 2 N–H and O–H groups in total. The van der Waals surface area contributed by atoms with E-state index in [2.05, 4.69) is 0 Å². The fraction of sp³-hybridized carbons (Fsp3) is 0.385. The molecule has 0 aliphatic rings. The van der Waals surface area contributed by atoms with E-state index in [0.29, 0.717) is 0 Å². The number of carbonyl (C=O) groups is 2. The van der Waals surface area contributed by atoms with E-state index in [-0.39, 0.29) is 17.9 Å². The lowest BCUT2D eigenvalue weighted by molar-refractivity contribution is -0.137. The van der Waals surface area contributed by atoms with Crippen molar-refractivity contribution < 1.29 is 19.8 Å². The molecule has 1 unspecified atom stereocenters. The lowest BCUT2D eigenvalue weighted by atomic mass is 9.91. The molecule has 0 bridgehead atoms. The summed E-state index contributed by atoms with van der Waals surface area (Å²) in [6.07, 6.45) is 1.78. The van der Waals surface area contributed by atoms with E-state index in [1.54, 1.807) is 12.1 Å². The van der Waals surface area contributed by atoms with E-state index < -0.39 is 11.9 Å². The quantitative estimate of drug-likeness (QED) is 0.796. The van der Waals surface area contributed by atoms with Gasteiger partial charge in [0, 0.05) is 0 Å². The van der Waals surface area contributed by atoms with Crippen molar-refractivity contribution in [2.45, 2.75) is 32.1 Å². The van der Waals surface area contributed by atoms with Gasteiger partial charge in [-0.25, -0.2) is 4.79 Å². The van der Waals surface area contributed by atoms with Crippen molar-refractivity contribution in [3.8, 4) is 0 Å². The molecule has 0 saturated carbocycles. The van der Waals surface area contributed by atoms with Gasteiger partial charge in [0.1, 0.15) is 0 Å². The molecule has 17 heavy (non-hydrogen) atoms. The minimum absolute atomic E-state index is 0.0413. The molecule has 0 fully saturated rings. The van der Waals surface area contributed by atoms with E-state index in [1.807, 2.05) is 6.92 Å². The zero-order valence-electron chi connectivity index (χ0n) is 9.72. The Kier molecular flexibility index (Phi) is 4.69. The fourth-order valence-corrected chi connectivity index (χ4v) is 1.84. The Bertz CT molecular complexity index is 394. The highest BCUT2D eigenvalue weighted by molar-refractivity contribution is 5.87. The second-order valence-corrected chi connectivity index (χ2v) is 4.01. The third-order valence-corrected chi connectivity index (χ3v) is 2.69. The molecule has 0 aliphatic carbocycles. The molecule has 0 heterocycles. The summed E-state index contributed by atoms with van der Waals surface area (Å²) in [7, 11) is 0. The topological polar surface area (TPSA) is 74.6 Å². The third kappa shape index (κ3) is 3.90. The second-order valence-electron chi connectivity index (χ2n) is 4.01. The van der Waals surface area contributed by atoms with Crippen molar-refractivity contribution in [2.75, 3.05) is 0 Å². The Hall–Kier alpha value is -1.84. The molecule has 0 aliphatic heterocycles. The predicted octanol–water partition coefficient (Wildman–Crippen LogP) is 2.74. The SMILES string of the molecule is CCCC(CC(=O)O)c1ccc(C(=O)O)cc1. The number of carboxylic acids is 2. The summed E-state index contributed by atoms with van der Waals surface area (Å²) in [5.74, 6) is -1.84. The molecule has 1 rings (SSSR count). The van der Waals surface area contributed by atoms with Gasteiger partial charge in [-0.15, -0.1) is 0 Å². The van der Waals surface area contributed by atoms with Gasteiger partial charge in [0.2, 0.25) is 0 Å². The molecule has 4 heteroatoms. The Balaban J connectivity index is 2.86. The molecule has 0 amide bonds. The summed E-state index contributed by atoms with van der Waals surface area (Å²) >= 11 is 0. The first-order valence-electron chi connectivity index (χ1n) is 5.59. The van der Waals surface area contributed by atoms with Gasteiger partial charge in [-0.05, 0) is 30.0 Å². The summed E-state index contributed by atoms with van der Waals surface area (Å²) < 4.78 is 0. The number of hydrogen-bond acceptors (Lipinski definition) is 2. The molecular weight excluding hydrogens is 220 g/mol. The number of hydrogen-bond donors (Lipinski definition) is 2. The van der Waals surface area contributed by atoms with Crippen molar-refractivity contribution >= 4 is 11.9 Å². The zero-order chi connectivity index (χ0) is 12.8. The van der Waals surface area contributed by atoms with Crippen LogP contribution >= 0.6 is 0 Å². The average molecular weight is 236 g/mol. The number of aromatic carboxylic acids is 1.